The molecule has 0 atom stereocenters. The third kappa shape index (κ3) is 3.80. The topological polar surface area (TPSA) is 46.5 Å². The van der Waals surface area contributed by atoms with Gasteiger partial charge in [-0.1, -0.05) is 12.1 Å². The standard InChI is InChI=1S/C16H12F4O3/c1-9-11(3-2-4-13(9)17)12-7-10(16(18,19)20)5-6-14(12)23-8-15(21)22/h2-7H,8H2,1H3,(H,21,22). The second kappa shape index (κ2) is 6.28. The zero-order valence-corrected chi connectivity index (χ0v) is 11.9. The largest absolute Gasteiger partial charge is 0.481 e. The van der Waals surface area contributed by atoms with Crippen molar-refractivity contribution < 1.29 is 32.2 Å². The smallest absolute Gasteiger partial charge is 0.416 e. The van der Waals surface area contributed by atoms with E-state index in [-0.39, 0.29) is 22.4 Å². The molecule has 122 valence electrons. The van der Waals surface area contributed by atoms with Crippen molar-refractivity contribution >= 4 is 5.97 Å². The predicted octanol–water partition coefficient (Wildman–Crippen LogP) is 4.28. The third-order valence-corrected chi connectivity index (χ3v) is 3.22. The number of aliphatic carboxylic acids is 1. The molecule has 0 saturated carbocycles. The molecule has 0 heterocycles. The van der Waals surface area contributed by atoms with Crippen molar-refractivity contribution in [3.05, 3.63) is 53.3 Å². The van der Waals surface area contributed by atoms with Crippen molar-refractivity contribution in [2.45, 2.75) is 13.1 Å². The Labute approximate surface area is 129 Å². The average molecular weight is 328 g/mol. The molecular weight excluding hydrogens is 316 g/mol. The first-order valence-electron chi connectivity index (χ1n) is 6.51. The van der Waals surface area contributed by atoms with E-state index in [1.807, 2.05) is 0 Å². The molecule has 2 rings (SSSR count). The lowest BCUT2D eigenvalue weighted by Gasteiger charge is -2.15. The Morgan fingerprint density at radius 3 is 2.48 bits per heavy atom. The van der Waals surface area contributed by atoms with Crippen molar-refractivity contribution in [1.82, 2.24) is 0 Å². The number of rotatable bonds is 4. The van der Waals surface area contributed by atoms with Gasteiger partial charge >= 0.3 is 12.1 Å². The first-order valence-corrected chi connectivity index (χ1v) is 6.51. The Bertz CT molecular complexity index is 739. The van der Waals surface area contributed by atoms with Gasteiger partial charge in [-0.15, -0.1) is 0 Å². The van der Waals surface area contributed by atoms with Crippen LogP contribution in [0.5, 0.6) is 5.75 Å². The van der Waals surface area contributed by atoms with E-state index in [1.54, 1.807) is 0 Å². The summed E-state index contributed by atoms with van der Waals surface area (Å²) < 4.78 is 57.4. The molecule has 7 heteroatoms. The maximum Gasteiger partial charge on any atom is 0.416 e. The molecule has 23 heavy (non-hydrogen) atoms. The Morgan fingerprint density at radius 2 is 1.87 bits per heavy atom. The highest BCUT2D eigenvalue weighted by Gasteiger charge is 2.31. The third-order valence-electron chi connectivity index (χ3n) is 3.22. The summed E-state index contributed by atoms with van der Waals surface area (Å²) in [6.45, 7) is 0.707. The SMILES string of the molecule is Cc1c(F)cccc1-c1cc(C(F)(F)F)ccc1OCC(=O)O. The highest BCUT2D eigenvalue weighted by molar-refractivity contribution is 5.75. The van der Waals surface area contributed by atoms with Gasteiger partial charge in [0.25, 0.3) is 0 Å². The molecule has 2 aromatic rings. The van der Waals surface area contributed by atoms with Crippen LogP contribution in [0.2, 0.25) is 0 Å². The van der Waals surface area contributed by atoms with Gasteiger partial charge in [-0.05, 0) is 42.3 Å². The lowest BCUT2D eigenvalue weighted by molar-refractivity contribution is -0.140. The van der Waals surface area contributed by atoms with E-state index in [0.717, 1.165) is 18.2 Å². The van der Waals surface area contributed by atoms with E-state index in [9.17, 15) is 22.4 Å². The van der Waals surface area contributed by atoms with Crippen molar-refractivity contribution in [3.8, 4) is 16.9 Å². The molecule has 0 fully saturated rings. The van der Waals surface area contributed by atoms with Gasteiger partial charge in [-0.2, -0.15) is 13.2 Å². The minimum absolute atomic E-state index is 0.0157. The first kappa shape index (κ1) is 16.8. The van der Waals surface area contributed by atoms with Crippen LogP contribution in [0.15, 0.2) is 36.4 Å². The Balaban J connectivity index is 2.60. The number of benzene rings is 2. The second-order valence-corrected chi connectivity index (χ2v) is 4.80. The van der Waals surface area contributed by atoms with E-state index in [0.29, 0.717) is 0 Å². The monoisotopic (exact) mass is 328 g/mol. The van der Waals surface area contributed by atoms with Crippen LogP contribution in [-0.2, 0) is 11.0 Å². The summed E-state index contributed by atoms with van der Waals surface area (Å²) in [4.78, 5) is 10.6. The maximum absolute atomic E-state index is 13.7. The number of hydrogen-bond acceptors (Lipinski definition) is 2. The molecule has 0 saturated heterocycles. The normalized spacial score (nSPS) is 11.3. The van der Waals surface area contributed by atoms with Gasteiger partial charge in [-0.25, -0.2) is 9.18 Å². The van der Waals surface area contributed by atoms with Crippen LogP contribution in [0.3, 0.4) is 0 Å². The number of hydrogen-bond donors (Lipinski definition) is 1. The summed E-state index contributed by atoms with van der Waals surface area (Å²) in [5.74, 6) is -1.91. The predicted molar refractivity (Wildman–Crippen MR) is 74.7 cm³/mol. The van der Waals surface area contributed by atoms with Crippen LogP contribution in [0, 0.1) is 12.7 Å². The highest BCUT2D eigenvalue weighted by Crippen LogP contribution is 2.38. The highest BCUT2D eigenvalue weighted by atomic mass is 19.4. The minimum atomic E-state index is -4.58. The van der Waals surface area contributed by atoms with Crippen LogP contribution in [0.1, 0.15) is 11.1 Å². The maximum atomic E-state index is 13.7. The Morgan fingerprint density at radius 1 is 1.17 bits per heavy atom. The van der Waals surface area contributed by atoms with Crippen molar-refractivity contribution in [2.75, 3.05) is 6.61 Å². The molecular formula is C16H12F4O3. The summed E-state index contributed by atoms with van der Waals surface area (Å²) in [5.41, 5.74) is -0.597. The van der Waals surface area contributed by atoms with Gasteiger partial charge in [0.05, 0.1) is 5.56 Å². The van der Waals surface area contributed by atoms with E-state index in [2.05, 4.69) is 0 Å². The van der Waals surface area contributed by atoms with Crippen molar-refractivity contribution in [1.29, 1.82) is 0 Å². The zero-order valence-electron chi connectivity index (χ0n) is 11.9. The van der Waals surface area contributed by atoms with Gasteiger partial charge in [0.2, 0.25) is 0 Å². The molecule has 0 aliphatic heterocycles. The molecule has 1 N–H and O–H groups in total. The molecule has 0 bridgehead atoms. The van der Waals surface area contributed by atoms with Gasteiger partial charge in [0.15, 0.2) is 6.61 Å². The van der Waals surface area contributed by atoms with E-state index >= 15 is 0 Å². The van der Waals surface area contributed by atoms with Gasteiger partial charge in [-0.3, -0.25) is 0 Å². The van der Waals surface area contributed by atoms with Gasteiger partial charge in [0.1, 0.15) is 11.6 Å². The van der Waals surface area contributed by atoms with E-state index in [1.165, 1.54) is 25.1 Å². The summed E-state index contributed by atoms with van der Waals surface area (Å²) in [6, 6.07) is 6.63. The molecule has 2 aromatic carbocycles. The quantitative estimate of drug-likeness (QED) is 0.852. The van der Waals surface area contributed by atoms with Crippen LogP contribution in [0.25, 0.3) is 11.1 Å². The fourth-order valence-electron chi connectivity index (χ4n) is 2.08. The molecule has 0 radical (unpaired) electrons. The van der Waals surface area contributed by atoms with Crippen molar-refractivity contribution in [2.24, 2.45) is 0 Å². The second-order valence-electron chi connectivity index (χ2n) is 4.80. The Hall–Kier alpha value is -2.57. The van der Waals surface area contributed by atoms with Crippen molar-refractivity contribution in [3.63, 3.8) is 0 Å². The lowest BCUT2D eigenvalue weighted by Crippen LogP contribution is -2.11. The first-order chi connectivity index (χ1) is 10.7. The number of alkyl halides is 3. The molecule has 0 aliphatic rings. The summed E-state index contributed by atoms with van der Waals surface area (Å²) in [7, 11) is 0. The fourth-order valence-corrected chi connectivity index (χ4v) is 2.08. The van der Waals surface area contributed by atoms with Crippen LogP contribution in [0.4, 0.5) is 17.6 Å². The lowest BCUT2D eigenvalue weighted by atomic mass is 9.97. The molecule has 0 spiro atoms. The zero-order chi connectivity index (χ0) is 17.2. The minimum Gasteiger partial charge on any atom is -0.481 e. The van der Waals surface area contributed by atoms with E-state index in [4.69, 9.17) is 9.84 Å². The van der Waals surface area contributed by atoms with Gasteiger partial charge in [0, 0.05) is 5.56 Å². The summed E-state index contributed by atoms with van der Waals surface area (Å²) in [5, 5.41) is 8.65. The number of carbonyl (C=O) groups is 1. The van der Waals surface area contributed by atoms with Crippen LogP contribution < -0.4 is 4.74 Å². The molecule has 0 aliphatic carbocycles. The fraction of sp³-hybridized carbons (Fsp3) is 0.188. The summed E-state index contributed by atoms with van der Waals surface area (Å²) in [6.07, 6.45) is -4.58. The number of carboxylic acids is 1. The average Bonchev–Trinajstić information content (AvgIpc) is 2.47. The van der Waals surface area contributed by atoms with E-state index < -0.39 is 30.1 Å². The molecule has 0 aromatic heterocycles. The summed E-state index contributed by atoms with van der Waals surface area (Å²) >= 11 is 0. The molecule has 0 unspecified atom stereocenters. The Kier molecular flexibility index (Phi) is 4.58. The molecule has 3 nitrogen and oxygen atoms in total. The van der Waals surface area contributed by atoms with Crippen LogP contribution in [-0.4, -0.2) is 17.7 Å². The number of carboxylic acid groups (broad SMARTS) is 1. The number of ether oxygens (including phenoxy) is 1. The number of halogens is 4. The van der Waals surface area contributed by atoms with Crippen LogP contribution >= 0.6 is 0 Å². The molecule has 0 amide bonds. The van der Waals surface area contributed by atoms with Gasteiger partial charge < -0.3 is 9.84 Å².